The number of carbonyl (C=O) groups excluding carboxylic acids is 1. The number of hydrogen-bond donors (Lipinski definition) is 1. The molecule has 0 unspecified atom stereocenters. The highest BCUT2D eigenvalue weighted by atomic mass is 35.5. The molecule has 3 rings (SSSR count). The van der Waals surface area contributed by atoms with Gasteiger partial charge in [-0.15, -0.1) is 12.4 Å². The van der Waals surface area contributed by atoms with Gasteiger partial charge in [-0.3, -0.25) is 4.79 Å². The lowest BCUT2D eigenvalue weighted by atomic mass is 10.1. The fourth-order valence-corrected chi connectivity index (χ4v) is 5.45. The highest BCUT2D eigenvalue weighted by molar-refractivity contribution is 7.89. The number of anilines is 1. The van der Waals surface area contributed by atoms with E-state index >= 15 is 0 Å². The lowest BCUT2D eigenvalue weighted by Crippen LogP contribution is -2.46. The van der Waals surface area contributed by atoms with Crippen LogP contribution in [0.2, 0.25) is 0 Å². The van der Waals surface area contributed by atoms with Crippen molar-refractivity contribution in [2.45, 2.75) is 50.0 Å². The van der Waals surface area contributed by atoms with Crippen molar-refractivity contribution in [3.63, 3.8) is 0 Å². The van der Waals surface area contributed by atoms with Gasteiger partial charge in [0.2, 0.25) is 15.9 Å². The van der Waals surface area contributed by atoms with Crippen LogP contribution in [-0.2, 0) is 14.8 Å². The maximum atomic E-state index is 13.1. The van der Waals surface area contributed by atoms with Crippen molar-refractivity contribution in [2.24, 2.45) is 0 Å². The van der Waals surface area contributed by atoms with Crippen LogP contribution in [0.1, 0.15) is 39.0 Å². The molecule has 0 atom stereocenters. The summed E-state index contributed by atoms with van der Waals surface area (Å²) in [7, 11) is -3.51. The van der Waals surface area contributed by atoms with Crippen LogP contribution in [0.3, 0.4) is 0 Å². The van der Waals surface area contributed by atoms with E-state index in [1.54, 1.807) is 33.5 Å². The fraction of sp³-hybridized carbons (Fsp3) is 0.611. The molecule has 0 radical (unpaired) electrons. The number of rotatable bonds is 6. The van der Waals surface area contributed by atoms with Gasteiger partial charge in [0.15, 0.2) is 0 Å². The summed E-state index contributed by atoms with van der Waals surface area (Å²) in [4.78, 5) is 13.9. The van der Waals surface area contributed by atoms with Gasteiger partial charge >= 0.3 is 0 Å². The minimum atomic E-state index is -3.51. The molecule has 1 amide bonds. The summed E-state index contributed by atoms with van der Waals surface area (Å²) in [5.41, 5.74) is 0.783. The second kappa shape index (κ2) is 9.17. The van der Waals surface area contributed by atoms with Crippen molar-refractivity contribution in [3.8, 4) is 0 Å². The van der Waals surface area contributed by atoms with E-state index in [-0.39, 0.29) is 24.4 Å². The zero-order chi connectivity index (χ0) is 17.9. The highest BCUT2D eigenvalue weighted by Crippen LogP contribution is 2.26. The molecule has 6 nitrogen and oxygen atoms in total. The molecule has 1 N–H and O–H groups in total. The van der Waals surface area contributed by atoms with Crippen LogP contribution < -0.4 is 10.2 Å². The van der Waals surface area contributed by atoms with Gasteiger partial charge in [0.25, 0.3) is 0 Å². The van der Waals surface area contributed by atoms with Gasteiger partial charge in [0, 0.05) is 31.2 Å². The largest absolute Gasteiger partial charge is 0.317 e. The number of halogens is 1. The normalized spacial score (nSPS) is 19.0. The molecule has 0 spiro atoms. The molecular weight excluding hydrogens is 374 g/mol. The minimum absolute atomic E-state index is 0. The monoisotopic (exact) mass is 401 g/mol. The molecule has 1 aromatic rings. The number of hydrogen-bond acceptors (Lipinski definition) is 4. The number of nitrogens with zero attached hydrogens (tertiary/aromatic N) is 2. The number of benzene rings is 1. The van der Waals surface area contributed by atoms with Crippen molar-refractivity contribution < 1.29 is 13.2 Å². The third kappa shape index (κ3) is 4.39. The highest BCUT2D eigenvalue weighted by Gasteiger charge is 2.32. The number of piperidine rings is 1. The van der Waals surface area contributed by atoms with E-state index in [1.165, 1.54) is 0 Å². The third-order valence-corrected chi connectivity index (χ3v) is 6.95. The van der Waals surface area contributed by atoms with Gasteiger partial charge in [0.1, 0.15) is 0 Å². The second-order valence-corrected chi connectivity index (χ2v) is 8.63. The average Bonchev–Trinajstić information content (AvgIpc) is 3.06. The van der Waals surface area contributed by atoms with Crippen molar-refractivity contribution >= 4 is 34.0 Å². The van der Waals surface area contributed by atoms with E-state index in [4.69, 9.17) is 0 Å². The van der Waals surface area contributed by atoms with Crippen molar-refractivity contribution in [3.05, 3.63) is 24.3 Å². The molecule has 0 bridgehead atoms. The molecule has 0 aromatic heterocycles. The van der Waals surface area contributed by atoms with Crippen LogP contribution in [0.4, 0.5) is 5.69 Å². The smallest absolute Gasteiger partial charge is 0.243 e. The van der Waals surface area contributed by atoms with E-state index in [2.05, 4.69) is 5.32 Å². The van der Waals surface area contributed by atoms with E-state index in [9.17, 15) is 13.2 Å². The van der Waals surface area contributed by atoms with Crippen LogP contribution in [0.25, 0.3) is 0 Å². The first-order valence-electron chi connectivity index (χ1n) is 9.17. The SMILES string of the molecule is CCCN(C1CCNCC1)S(=O)(=O)c1ccc(N2CCCC2=O)cc1.Cl. The predicted octanol–water partition coefficient (Wildman–Crippen LogP) is 2.39. The Bertz CT molecular complexity index is 703. The van der Waals surface area contributed by atoms with E-state index in [1.807, 2.05) is 6.92 Å². The number of carbonyl (C=O) groups is 1. The minimum Gasteiger partial charge on any atom is -0.317 e. The summed E-state index contributed by atoms with van der Waals surface area (Å²) in [5.74, 6) is 0.109. The van der Waals surface area contributed by atoms with Crippen molar-refractivity contribution in [2.75, 3.05) is 31.1 Å². The summed E-state index contributed by atoms with van der Waals surface area (Å²) in [6.45, 7) is 4.97. The molecule has 2 saturated heterocycles. The Morgan fingerprint density at radius 1 is 1.19 bits per heavy atom. The summed E-state index contributed by atoms with van der Waals surface area (Å²) in [6.07, 6.45) is 3.92. The van der Waals surface area contributed by atoms with Gasteiger partial charge in [-0.05, 0) is 63.0 Å². The summed E-state index contributed by atoms with van der Waals surface area (Å²) < 4.78 is 28.0. The Morgan fingerprint density at radius 2 is 1.85 bits per heavy atom. The molecule has 2 aliphatic heterocycles. The zero-order valence-electron chi connectivity index (χ0n) is 15.2. The topological polar surface area (TPSA) is 69.7 Å². The van der Waals surface area contributed by atoms with Gasteiger partial charge in [-0.1, -0.05) is 6.92 Å². The van der Waals surface area contributed by atoms with E-state index < -0.39 is 10.0 Å². The molecule has 1 aromatic carbocycles. The van der Waals surface area contributed by atoms with Gasteiger partial charge in [-0.25, -0.2) is 8.42 Å². The molecule has 146 valence electrons. The number of sulfonamides is 1. The van der Waals surface area contributed by atoms with Crippen LogP contribution >= 0.6 is 12.4 Å². The second-order valence-electron chi connectivity index (χ2n) is 6.74. The molecule has 0 saturated carbocycles. The first-order chi connectivity index (χ1) is 12.0. The first kappa shape index (κ1) is 21.2. The van der Waals surface area contributed by atoms with Crippen LogP contribution in [-0.4, -0.2) is 50.9 Å². The van der Waals surface area contributed by atoms with Crippen LogP contribution in [0, 0.1) is 0 Å². The molecular formula is C18H28ClN3O3S. The Labute approximate surface area is 162 Å². The van der Waals surface area contributed by atoms with Crippen molar-refractivity contribution in [1.29, 1.82) is 0 Å². The Kier molecular flexibility index (Phi) is 7.46. The Hall–Kier alpha value is -1.15. The Morgan fingerprint density at radius 3 is 2.38 bits per heavy atom. The zero-order valence-corrected chi connectivity index (χ0v) is 16.8. The number of amides is 1. The molecule has 2 aliphatic rings. The van der Waals surface area contributed by atoms with Gasteiger partial charge in [0.05, 0.1) is 4.90 Å². The lowest BCUT2D eigenvalue weighted by molar-refractivity contribution is -0.117. The average molecular weight is 402 g/mol. The van der Waals surface area contributed by atoms with Gasteiger partial charge < -0.3 is 10.2 Å². The molecule has 2 fully saturated rings. The summed E-state index contributed by atoms with van der Waals surface area (Å²) in [5, 5.41) is 3.29. The Balaban J connectivity index is 0.00000243. The quantitative estimate of drug-likeness (QED) is 0.794. The summed E-state index contributed by atoms with van der Waals surface area (Å²) in [6, 6.07) is 6.84. The molecule has 2 heterocycles. The maximum absolute atomic E-state index is 13.1. The molecule has 26 heavy (non-hydrogen) atoms. The van der Waals surface area contributed by atoms with Gasteiger partial charge in [-0.2, -0.15) is 4.31 Å². The van der Waals surface area contributed by atoms with Crippen molar-refractivity contribution in [1.82, 2.24) is 9.62 Å². The molecule has 0 aliphatic carbocycles. The van der Waals surface area contributed by atoms with E-state index in [0.717, 1.165) is 44.5 Å². The fourth-order valence-electron chi connectivity index (χ4n) is 3.67. The number of nitrogens with one attached hydrogen (secondary N) is 1. The van der Waals surface area contributed by atoms with Crippen LogP contribution in [0.15, 0.2) is 29.2 Å². The van der Waals surface area contributed by atoms with Crippen LogP contribution in [0.5, 0.6) is 0 Å². The first-order valence-corrected chi connectivity index (χ1v) is 10.6. The maximum Gasteiger partial charge on any atom is 0.243 e. The lowest BCUT2D eigenvalue weighted by Gasteiger charge is -2.33. The summed E-state index contributed by atoms with van der Waals surface area (Å²) >= 11 is 0. The predicted molar refractivity (Wildman–Crippen MR) is 105 cm³/mol. The molecule has 8 heteroatoms. The standard InChI is InChI=1S/C18H27N3O3S.ClH/c1-2-13-21(16-9-11-19-12-10-16)25(23,24)17-7-5-15(6-8-17)20-14-3-4-18(20)22;/h5-8,16,19H,2-4,9-14H2,1H3;1H. The van der Waals surface area contributed by atoms with E-state index in [0.29, 0.717) is 24.4 Å². The third-order valence-electron chi connectivity index (χ3n) is 4.99.